The summed E-state index contributed by atoms with van der Waals surface area (Å²) in [4.78, 5) is 10.2. The van der Waals surface area contributed by atoms with Crippen LogP contribution in [0.15, 0.2) is 0 Å². The average Bonchev–Trinajstić information content (AvgIpc) is 1.76. The monoisotopic (exact) mass is 145 g/mol. The van der Waals surface area contributed by atoms with Crippen LogP contribution in [0.25, 0.3) is 0 Å². The van der Waals surface area contributed by atoms with Crippen LogP contribution in [0.4, 0.5) is 4.79 Å². The van der Waals surface area contributed by atoms with Gasteiger partial charge in [-0.25, -0.2) is 4.79 Å². The molecule has 2 N–H and O–H groups in total. The van der Waals surface area contributed by atoms with Gasteiger partial charge in [-0.2, -0.15) is 0 Å². The summed E-state index contributed by atoms with van der Waals surface area (Å²) in [6, 6.07) is 0. The van der Waals surface area contributed by atoms with Crippen molar-refractivity contribution in [2.24, 2.45) is 5.73 Å². The van der Waals surface area contributed by atoms with Crippen LogP contribution in [0.2, 0.25) is 0 Å². The van der Waals surface area contributed by atoms with E-state index in [0.29, 0.717) is 0 Å². The fourth-order valence-electron chi connectivity index (χ4n) is 0.970. The van der Waals surface area contributed by atoms with E-state index in [0.717, 1.165) is 12.8 Å². The molecule has 0 bridgehead atoms. The zero-order valence-electron chi connectivity index (χ0n) is 5.87. The number of rotatable bonds is 2. The molecule has 4 nitrogen and oxygen atoms in total. The van der Waals surface area contributed by atoms with Gasteiger partial charge in [0.25, 0.3) is 0 Å². The predicted molar refractivity (Wildman–Crippen MR) is 34.5 cm³/mol. The first-order valence-electron chi connectivity index (χ1n) is 3.21. The highest BCUT2D eigenvalue weighted by Crippen LogP contribution is 2.25. The number of methoxy groups -OCH3 is 1. The van der Waals surface area contributed by atoms with Crippen LogP contribution in [-0.4, -0.2) is 25.4 Å². The van der Waals surface area contributed by atoms with Crippen molar-refractivity contribution in [3.05, 3.63) is 0 Å². The van der Waals surface area contributed by atoms with Crippen LogP contribution >= 0.6 is 0 Å². The molecule has 0 saturated heterocycles. The number of primary amides is 1. The first-order valence-corrected chi connectivity index (χ1v) is 3.21. The van der Waals surface area contributed by atoms with Crippen LogP contribution in [0.5, 0.6) is 0 Å². The number of carbonyl (C=O) groups excluding carboxylic acids is 1. The molecule has 0 aliphatic heterocycles. The minimum absolute atomic E-state index is 0.0116. The zero-order chi connectivity index (χ0) is 7.56. The predicted octanol–water partition coefficient (Wildman–Crippen LogP) is 0.259. The Bertz CT molecular complexity index is 131. The Kier molecular flexibility index (Phi) is 2.11. The van der Waals surface area contributed by atoms with Gasteiger partial charge >= 0.3 is 6.09 Å². The molecule has 0 unspecified atom stereocenters. The minimum Gasteiger partial charge on any atom is -0.446 e. The molecule has 4 heteroatoms. The summed E-state index contributed by atoms with van der Waals surface area (Å²) in [7, 11) is 1.64. The van der Waals surface area contributed by atoms with E-state index in [2.05, 4.69) is 4.74 Å². The first-order chi connectivity index (χ1) is 4.72. The molecular formula is C6H11NO3. The minimum atomic E-state index is -0.695. The summed E-state index contributed by atoms with van der Waals surface area (Å²) in [5, 5.41) is 0. The van der Waals surface area contributed by atoms with Crippen molar-refractivity contribution < 1.29 is 14.3 Å². The van der Waals surface area contributed by atoms with E-state index in [-0.39, 0.29) is 12.2 Å². The molecule has 1 aliphatic rings. The van der Waals surface area contributed by atoms with Gasteiger partial charge in [-0.05, 0) is 0 Å². The highest BCUT2D eigenvalue weighted by molar-refractivity contribution is 5.64. The van der Waals surface area contributed by atoms with E-state index >= 15 is 0 Å². The lowest BCUT2D eigenvalue weighted by Gasteiger charge is -2.32. The molecule has 1 rings (SSSR count). The van der Waals surface area contributed by atoms with Gasteiger partial charge in [-0.15, -0.1) is 0 Å². The maximum absolute atomic E-state index is 10.2. The van der Waals surface area contributed by atoms with E-state index in [4.69, 9.17) is 10.5 Å². The molecule has 58 valence electrons. The second-order valence-electron chi connectivity index (χ2n) is 2.39. The molecule has 0 aromatic rings. The highest BCUT2D eigenvalue weighted by atomic mass is 16.6. The van der Waals surface area contributed by atoms with Gasteiger partial charge in [0.2, 0.25) is 0 Å². The quantitative estimate of drug-likeness (QED) is 0.606. The van der Waals surface area contributed by atoms with Gasteiger partial charge in [0.05, 0.1) is 6.10 Å². The van der Waals surface area contributed by atoms with E-state index in [9.17, 15) is 4.79 Å². The molecule has 1 amide bonds. The summed E-state index contributed by atoms with van der Waals surface area (Å²) < 4.78 is 9.64. The summed E-state index contributed by atoms with van der Waals surface area (Å²) in [5.74, 6) is 0. The third-order valence-corrected chi connectivity index (χ3v) is 1.67. The molecular weight excluding hydrogens is 134 g/mol. The summed E-state index contributed by atoms with van der Waals surface area (Å²) in [6.07, 6.45) is 1.10. The second kappa shape index (κ2) is 2.88. The van der Waals surface area contributed by atoms with Gasteiger partial charge in [0.1, 0.15) is 6.10 Å². The lowest BCUT2D eigenvalue weighted by atomic mass is 9.92. The van der Waals surface area contributed by atoms with Crippen LogP contribution < -0.4 is 5.73 Å². The lowest BCUT2D eigenvalue weighted by Crippen LogP contribution is -2.39. The van der Waals surface area contributed by atoms with Crippen molar-refractivity contribution in [2.45, 2.75) is 25.0 Å². The Labute approximate surface area is 59.3 Å². The number of hydrogen-bond acceptors (Lipinski definition) is 3. The zero-order valence-corrected chi connectivity index (χ0v) is 5.87. The van der Waals surface area contributed by atoms with Gasteiger partial charge in [0, 0.05) is 20.0 Å². The summed E-state index contributed by atoms with van der Waals surface area (Å²) in [6.45, 7) is 0. The van der Waals surface area contributed by atoms with Gasteiger partial charge < -0.3 is 15.2 Å². The smallest absolute Gasteiger partial charge is 0.404 e. The third kappa shape index (κ3) is 1.60. The summed E-state index contributed by atoms with van der Waals surface area (Å²) >= 11 is 0. The molecule has 1 aliphatic carbocycles. The number of nitrogens with two attached hydrogens (primary N) is 1. The molecule has 0 aromatic heterocycles. The normalized spacial score (nSPS) is 30.9. The molecule has 0 aromatic carbocycles. The fraction of sp³-hybridized carbons (Fsp3) is 0.833. The molecule has 0 radical (unpaired) electrons. The van der Waals surface area contributed by atoms with Crippen molar-refractivity contribution in [2.75, 3.05) is 7.11 Å². The molecule has 0 atom stereocenters. The van der Waals surface area contributed by atoms with Crippen LogP contribution in [0.1, 0.15) is 12.8 Å². The Morgan fingerprint density at radius 1 is 1.50 bits per heavy atom. The Balaban J connectivity index is 2.08. The highest BCUT2D eigenvalue weighted by Gasteiger charge is 2.31. The van der Waals surface area contributed by atoms with E-state index in [1.54, 1.807) is 7.11 Å². The Morgan fingerprint density at radius 2 is 2.10 bits per heavy atom. The van der Waals surface area contributed by atoms with Crippen LogP contribution in [0.3, 0.4) is 0 Å². The van der Waals surface area contributed by atoms with E-state index < -0.39 is 6.09 Å². The lowest BCUT2D eigenvalue weighted by molar-refractivity contribution is -0.0542. The van der Waals surface area contributed by atoms with Gasteiger partial charge in [0.15, 0.2) is 0 Å². The number of ether oxygens (including phenoxy) is 2. The van der Waals surface area contributed by atoms with Crippen LogP contribution in [-0.2, 0) is 9.47 Å². The number of hydrogen-bond donors (Lipinski definition) is 1. The number of carbonyl (C=O) groups is 1. The first kappa shape index (κ1) is 7.34. The van der Waals surface area contributed by atoms with Crippen molar-refractivity contribution >= 4 is 6.09 Å². The maximum Gasteiger partial charge on any atom is 0.404 e. The van der Waals surface area contributed by atoms with Gasteiger partial charge in [-0.3, -0.25) is 0 Å². The van der Waals surface area contributed by atoms with E-state index in [1.807, 2.05) is 0 Å². The number of amides is 1. The van der Waals surface area contributed by atoms with Crippen molar-refractivity contribution in [3.8, 4) is 0 Å². The average molecular weight is 145 g/mol. The maximum atomic E-state index is 10.2. The fourth-order valence-corrected chi connectivity index (χ4v) is 0.970. The SMILES string of the molecule is COC1CC(OC(N)=O)C1. The summed E-state index contributed by atoms with van der Waals surface area (Å²) in [5.41, 5.74) is 4.79. The topological polar surface area (TPSA) is 61.6 Å². The molecule has 1 saturated carbocycles. The largest absolute Gasteiger partial charge is 0.446 e. The second-order valence-corrected chi connectivity index (χ2v) is 2.39. The molecule has 1 fully saturated rings. The standard InChI is InChI=1S/C6H11NO3/c1-9-4-2-5(3-4)10-6(7)8/h4-5H,2-3H2,1H3,(H2,7,8). The third-order valence-electron chi connectivity index (χ3n) is 1.67. The van der Waals surface area contributed by atoms with Crippen LogP contribution in [0, 0.1) is 0 Å². The van der Waals surface area contributed by atoms with Gasteiger partial charge in [-0.1, -0.05) is 0 Å². The van der Waals surface area contributed by atoms with Crippen molar-refractivity contribution in [1.82, 2.24) is 0 Å². The van der Waals surface area contributed by atoms with Crippen molar-refractivity contribution in [3.63, 3.8) is 0 Å². The van der Waals surface area contributed by atoms with Crippen molar-refractivity contribution in [1.29, 1.82) is 0 Å². The van der Waals surface area contributed by atoms with E-state index in [1.165, 1.54) is 0 Å². The Hall–Kier alpha value is -0.770. The Morgan fingerprint density at radius 3 is 2.50 bits per heavy atom. The molecule has 10 heavy (non-hydrogen) atoms. The molecule has 0 spiro atoms. The molecule has 0 heterocycles.